The SMILES string of the molecule is O=C1C(c2ccc(O)cc2)=COC2=CC(O[C@@H]3OC(CO)[C@@H](O)CC3O)=CCC12. The van der Waals surface area contributed by atoms with Gasteiger partial charge in [-0.3, -0.25) is 4.79 Å². The third-order valence-corrected chi connectivity index (χ3v) is 5.22. The van der Waals surface area contributed by atoms with Gasteiger partial charge in [-0.2, -0.15) is 0 Å². The van der Waals surface area contributed by atoms with Gasteiger partial charge in [0.25, 0.3) is 0 Å². The zero-order chi connectivity index (χ0) is 20.5. The van der Waals surface area contributed by atoms with Gasteiger partial charge in [-0.1, -0.05) is 12.1 Å². The van der Waals surface area contributed by atoms with E-state index < -0.39 is 37.1 Å². The first-order valence-corrected chi connectivity index (χ1v) is 9.37. The van der Waals surface area contributed by atoms with Crippen LogP contribution in [0.15, 0.2) is 54.2 Å². The minimum Gasteiger partial charge on any atom is -0.508 e. The van der Waals surface area contributed by atoms with Gasteiger partial charge in [-0.15, -0.1) is 0 Å². The van der Waals surface area contributed by atoms with E-state index in [0.29, 0.717) is 29.1 Å². The molecule has 4 N–H and O–H groups in total. The molecule has 3 unspecified atom stereocenters. The summed E-state index contributed by atoms with van der Waals surface area (Å²) in [7, 11) is 0. The van der Waals surface area contributed by atoms with Crippen LogP contribution in [0.3, 0.4) is 0 Å². The molecular formula is C21H22O8. The average molecular weight is 402 g/mol. The van der Waals surface area contributed by atoms with Crippen molar-refractivity contribution in [3.63, 3.8) is 0 Å². The molecule has 0 amide bonds. The van der Waals surface area contributed by atoms with E-state index in [2.05, 4.69) is 0 Å². The predicted octanol–water partition coefficient (Wildman–Crippen LogP) is 0.966. The number of ether oxygens (including phenoxy) is 3. The number of phenols is 1. The smallest absolute Gasteiger partial charge is 0.226 e. The second-order valence-corrected chi connectivity index (χ2v) is 7.22. The fraction of sp³-hybridized carbons (Fsp3) is 0.381. The summed E-state index contributed by atoms with van der Waals surface area (Å²) in [5.74, 6) is 0.340. The second kappa shape index (κ2) is 8.00. The van der Waals surface area contributed by atoms with Gasteiger partial charge in [0.1, 0.15) is 35.7 Å². The van der Waals surface area contributed by atoms with Crippen LogP contribution in [0.25, 0.3) is 5.57 Å². The molecule has 0 bridgehead atoms. The van der Waals surface area contributed by atoms with Crippen LogP contribution in [0.2, 0.25) is 0 Å². The zero-order valence-electron chi connectivity index (χ0n) is 15.5. The van der Waals surface area contributed by atoms with Gasteiger partial charge in [0.2, 0.25) is 6.29 Å². The molecule has 2 heterocycles. The Morgan fingerprint density at radius 2 is 1.90 bits per heavy atom. The van der Waals surface area contributed by atoms with Crippen LogP contribution >= 0.6 is 0 Å². The highest BCUT2D eigenvalue weighted by molar-refractivity contribution is 6.23. The van der Waals surface area contributed by atoms with Crippen LogP contribution in [0.1, 0.15) is 18.4 Å². The number of hydrogen-bond acceptors (Lipinski definition) is 8. The molecule has 1 fully saturated rings. The van der Waals surface area contributed by atoms with E-state index in [-0.39, 0.29) is 18.0 Å². The van der Waals surface area contributed by atoms with Gasteiger partial charge in [-0.25, -0.2) is 0 Å². The Bertz CT molecular complexity index is 869. The molecule has 4 rings (SSSR count). The first-order chi connectivity index (χ1) is 14.0. The average Bonchev–Trinajstić information content (AvgIpc) is 2.71. The Balaban J connectivity index is 1.47. The van der Waals surface area contributed by atoms with E-state index >= 15 is 0 Å². The third-order valence-electron chi connectivity index (χ3n) is 5.22. The highest BCUT2D eigenvalue weighted by Gasteiger charge is 2.39. The highest BCUT2D eigenvalue weighted by atomic mass is 16.7. The molecule has 0 spiro atoms. The van der Waals surface area contributed by atoms with Crippen molar-refractivity contribution in [1.29, 1.82) is 0 Å². The molecule has 3 aliphatic rings. The van der Waals surface area contributed by atoms with Gasteiger partial charge >= 0.3 is 0 Å². The minimum atomic E-state index is -1.06. The number of carbonyl (C=O) groups is 1. The molecular weight excluding hydrogens is 380 g/mol. The molecule has 0 aromatic heterocycles. The van der Waals surface area contributed by atoms with Crippen molar-refractivity contribution in [3.05, 3.63) is 59.8 Å². The summed E-state index contributed by atoms with van der Waals surface area (Å²) in [5, 5.41) is 38.5. The zero-order valence-corrected chi connectivity index (χ0v) is 15.5. The lowest BCUT2D eigenvalue weighted by Crippen LogP contribution is -2.49. The maximum absolute atomic E-state index is 12.9. The Labute approximate surface area is 166 Å². The number of hydrogen-bond donors (Lipinski definition) is 4. The lowest BCUT2D eigenvalue weighted by molar-refractivity contribution is -0.256. The van der Waals surface area contributed by atoms with Gasteiger partial charge in [0.15, 0.2) is 5.78 Å². The van der Waals surface area contributed by atoms with Crippen LogP contribution in [-0.4, -0.2) is 57.4 Å². The number of phenolic OH excluding ortho intramolecular Hbond substituents is 1. The summed E-state index contributed by atoms with van der Waals surface area (Å²) >= 11 is 0. The maximum atomic E-state index is 12.9. The summed E-state index contributed by atoms with van der Waals surface area (Å²) < 4.78 is 16.8. The molecule has 29 heavy (non-hydrogen) atoms. The van der Waals surface area contributed by atoms with Crippen molar-refractivity contribution < 1.29 is 39.4 Å². The number of aliphatic hydroxyl groups excluding tert-OH is 3. The fourth-order valence-corrected chi connectivity index (χ4v) is 3.58. The number of carbonyl (C=O) groups excluding carboxylic acids is 1. The van der Waals surface area contributed by atoms with Gasteiger partial charge < -0.3 is 34.6 Å². The standard InChI is InChI=1S/C21H22O8/c22-9-19-16(24)8-17(25)21(29-19)28-13-5-6-14-18(7-13)27-10-15(20(14)26)11-1-3-12(23)4-2-11/h1-5,7,10,14,16-17,19,21-25H,6,8-9H2/t14?,16-,17?,19?,21+/m0/s1. The van der Waals surface area contributed by atoms with Crippen LogP contribution < -0.4 is 0 Å². The number of aliphatic hydroxyl groups is 3. The molecule has 1 aliphatic carbocycles. The lowest BCUT2D eigenvalue weighted by atomic mass is 9.86. The second-order valence-electron chi connectivity index (χ2n) is 7.22. The maximum Gasteiger partial charge on any atom is 0.226 e. The number of rotatable bonds is 4. The third kappa shape index (κ3) is 3.92. The topological polar surface area (TPSA) is 126 Å². The van der Waals surface area contributed by atoms with E-state index in [1.165, 1.54) is 18.4 Å². The Morgan fingerprint density at radius 3 is 2.62 bits per heavy atom. The van der Waals surface area contributed by atoms with Crippen LogP contribution in [-0.2, 0) is 19.0 Å². The lowest BCUT2D eigenvalue weighted by Gasteiger charge is -2.37. The summed E-state index contributed by atoms with van der Waals surface area (Å²) in [6, 6.07) is 6.32. The number of allylic oxidation sites excluding steroid dienone is 4. The van der Waals surface area contributed by atoms with Crippen molar-refractivity contribution in [1.82, 2.24) is 0 Å². The van der Waals surface area contributed by atoms with Gasteiger partial charge in [0, 0.05) is 12.5 Å². The van der Waals surface area contributed by atoms with Crippen molar-refractivity contribution in [3.8, 4) is 5.75 Å². The molecule has 154 valence electrons. The van der Waals surface area contributed by atoms with Crippen LogP contribution in [0.5, 0.6) is 5.75 Å². The largest absolute Gasteiger partial charge is 0.508 e. The van der Waals surface area contributed by atoms with Crippen molar-refractivity contribution in [2.24, 2.45) is 5.92 Å². The monoisotopic (exact) mass is 402 g/mol. The van der Waals surface area contributed by atoms with Crippen molar-refractivity contribution in [2.75, 3.05) is 6.61 Å². The van der Waals surface area contributed by atoms with Gasteiger partial charge in [0.05, 0.1) is 24.2 Å². The molecule has 2 aliphatic heterocycles. The summed E-state index contributed by atoms with van der Waals surface area (Å²) in [6.45, 7) is -0.390. The fourth-order valence-electron chi connectivity index (χ4n) is 3.58. The van der Waals surface area contributed by atoms with Crippen molar-refractivity contribution >= 4 is 11.4 Å². The normalized spacial score (nSPS) is 31.8. The van der Waals surface area contributed by atoms with Gasteiger partial charge in [-0.05, 0) is 30.2 Å². The molecule has 0 radical (unpaired) electrons. The molecule has 8 heteroatoms. The van der Waals surface area contributed by atoms with Crippen LogP contribution in [0, 0.1) is 5.92 Å². The number of benzene rings is 1. The number of fused-ring (bicyclic) bond motifs is 1. The van der Waals surface area contributed by atoms with Crippen molar-refractivity contribution in [2.45, 2.75) is 37.4 Å². The Kier molecular flexibility index (Phi) is 5.42. The summed E-state index contributed by atoms with van der Waals surface area (Å²) in [5.41, 5.74) is 1.08. The molecule has 8 nitrogen and oxygen atoms in total. The molecule has 1 aromatic carbocycles. The predicted molar refractivity (Wildman–Crippen MR) is 99.9 cm³/mol. The van der Waals surface area contributed by atoms with E-state index in [0.717, 1.165) is 0 Å². The molecule has 1 aromatic rings. The number of Topliss-reactive ketones (excluding diaryl/α,β-unsaturated/α-hetero) is 1. The van der Waals surface area contributed by atoms with E-state index in [4.69, 9.17) is 14.2 Å². The molecule has 0 saturated carbocycles. The van der Waals surface area contributed by atoms with Crippen LogP contribution in [0.4, 0.5) is 0 Å². The summed E-state index contributed by atoms with van der Waals surface area (Å²) in [6.07, 6.45) is 1.13. The van der Waals surface area contributed by atoms with E-state index in [1.807, 2.05) is 0 Å². The number of ketones is 1. The number of aromatic hydroxyl groups is 1. The van der Waals surface area contributed by atoms with E-state index in [1.54, 1.807) is 24.3 Å². The highest BCUT2D eigenvalue weighted by Crippen LogP contribution is 2.36. The molecule has 1 saturated heterocycles. The Morgan fingerprint density at radius 1 is 1.14 bits per heavy atom. The quantitative estimate of drug-likeness (QED) is 0.587. The first-order valence-electron chi connectivity index (χ1n) is 9.37. The minimum absolute atomic E-state index is 0.0239. The summed E-state index contributed by atoms with van der Waals surface area (Å²) in [4.78, 5) is 12.9. The first kappa shape index (κ1) is 19.7. The Hall–Kier alpha value is -2.65. The molecule has 5 atom stereocenters. The van der Waals surface area contributed by atoms with E-state index in [9.17, 15) is 25.2 Å².